The zero-order valence-corrected chi connectivity index (χ0v) is 10.4. The van der Waals surface area contributed by atoms with Crippen LogP contribution >= 0.6 is 0 Å². The summed E-state index contributed by atoms with van der Waals surface area (Å²) in [5.41, 5.74) is 0.980. The van der Waals surface area contributed by atoms with Crippen LogP contribution in [-0.2, 0) is 9.84 Å². The Morgan fingerprint density at radius 1 is 1.20 bits per heavy atom. The van der Waals surface area contributed by atoms with Gasteiger partial charge in [0.05, 0.1) is 4.90 Å². The molecule has 0 spiro atoms. The molecule has 1 atom stereocenters. The number of sulfone groups is 1. The molecule has 84 valence electrons. The molecule has 0 aliphatic carbocycles. The minimum absolute atomic E-state index is 0.299. The summed E-state index contributed by atoms with van der Waals surface area (Å²) in [4.78, 5) is 4.27. The predicted molar refractivity (Wildman–Crippen MR) is 60.6 cm³/mol. The van der Waals surface area contributed by atoms with Crippen LogP contribution in [-0.4, -0.2) is 19.7 Å². The van der Waals surface area contributed by atoms with E-state index in [9.17, 15) is 8.42 Å². The topological polar surface area (TPSA) is 47.0 Å². The van der Waals surface area contributed by atoms with E-state index in [4.69, 9.17) is 0 Å². The molecule has 0 N–H and O–H groups in total. The normalized spacial score (nSPS) is 14.2. The third kappa shape index (κ3) is 3.02. The Morgan fingerprint density at radius 3 is 2.27 bits per heavy atom. The van der Waals surface area contributed by atoms with E-state index in [1.807, 2.05) is 0 Å². The van der Waals surface area contributed by atoms with E-state index in [2.05, 4.69) is 25.8 Å². The van der Waals surface area contributed by atoms with Crippen LogP contribution < -0.4 is 0 Å². The van der Waals surface area contributed by atoms with Gasteiger partial charge in [-0.15, -0.1) is 0 Å². The minimum atomic E-state index is -3.15. The molecule has 1 unspecified atom stereocenters. The van der Waals surface area contributed by atoms with Crippen molar-refractivity contribution >= 4 is 9.84 Å². The summed E-state index contributed by atoms with van der Waals surface area (Å²) in [5, 5.41) is 0. The van der Waals surface area contributed by atoms with Crippen molar-refractivity contribution in [2.45, 2.75) is 31.6 Å². The molecule has 0 bridgehead atoms. The third-order valence-corrected chi connectivity index (χ3v) is 3.77. The van der Waals surface area contributed by atoms with Crippen molar-refractivity contribution in [3.8, 4) is 0 Å². The van der Waals surface area contributed by atoms with Crippen molar-refractivity contribution in [3.05, 3.63) is 24.0 Å². The number of rotatable bonds is 3. The van der Waals surface area contributed by atoms with E-state index in [0.29, 0.717) is 16.7 Å². The Kier molecular flexibility index (Phi) is 3.50. The van der Waals surface area contributed by atoms with E-state index in [0.717, 1.165) is 5.56 Å². The lowest BCUT2D eigenvalue weighted by Gasteiger charge is -2.15. The first-order valence-corrected chi connectivity index (χ1v) is 6.86. The first-order valence-electron chi connectivity index (χ1n) is 4.97. The molecule has 0 fully saturated rings. The molecule has 15 heavy (non-hydrogen) atoms. The maximum atomic E-state index is 11.3. The quantitative estimate of drug-likeness (QED) is 0.795. The van der Waals surface area contributed by atoms with Crippen LogP contribution in [0.15, 0.2) is 23.4 Å². The van der Waals surface area contributed by atoms with Crippen LogP contribution in [0.2, 0.25) is 0 Å². The summed E-state index contributed by atoms with van der Waals surface area (Å²) in [5.74, 6) is 0.792. The second-order valence-corrected chi connectivity index (χ2v) is 6.27. The maximum Gasteiger partial charge on any atom is 0.177 e. The van der Waals surface area contributed by atoms with Gasteiger partial charge in [0.25, 0.3) is 0 Å². The summed E-state index contributed by atoms with van der Waals surface area (Å²) in [6.07, 6.45) is 4.33. The molecule has 1 heterocycles. The van der Waals surface area contributed by atoms with E-state index in [1.165, 1.54) is 12.5 Å². The van der Waals surface area contributed by atoms with Gasteiger partial charge in [0.1, 0.15) is 0 Å². The van der Waals surface area contributed by atoms with Crippen LogP contribution in [0, 0.1) is 5.92 Å². The first kappa shape index (κ1) is 12.2. The largest absolute Gasteiger partial charge is 0.263 e. The van der Waals surface area contributed by atoms with Crippen molar-refractivity contribution in [1.29, 1.82) is 0 Å². The number of pyridine rings is 1. The van der Waals surface area contributed by atoms with E-state index in [1.54, 1.807) is 12.3 Å². The summed E-state index contributed by atoms with van der Waals surface area (Å²) in [7, 11) is -3.15. The van der Waals surface area contributed by atoms with Crippen molar-refractivity contribution in [3.63, 3.8) is 0 Å². The van der Waals surface area contributed by atoms with E-state index >= 15 is 0 Å². The molecule has 0 amide bonds. The summed E-state index contributed by atoms with van der Waals surface area (Å²) in [6.45, 7) is 6.29. The van der Waals surface area contributed by atoms with Gasteiger partial charge in [0.2, 0.25) is 0 Å². The fraction of sp³-hybridized carbons (Fsp3) is 0.545. The molecular weight excluding hydrogens is 210 g/mol. The standard InChI is InChI=1S/C11H17NO2S/c1-8(2)9(3)10-5-11(7-12-6-10)15(4,13)14/h5-9H,1-4H3. The minimum Gasteiger partial charge on any atom is -0.263 e. The van der Waals surface area contributed by atoms with E-state index in [-0.39, 0.29) is 0 Å². The Bertz CT molecular complexity index is 438. The van der Waals surface area contributed by atoms with Crippen molar-refractivity contribution in [2.24, 2.45) is 5.92 Å². The lowest BCUT2D eigenvalue weighted by molar-refractivity contribution is 0.532. The number of hydrogen-bond acceptors (Lipinski definition) is 3. The summed E-state index contributed by atoms with van der Waals surface area (Å²) >= 11 is 0. The molecule has 3 nitrogen and oxygen atoms in total. The Hall–Kier alpha value is -0.900. The van der Waals surface area contributed by atoms with Gasteiger partial charge in [0.15, 0.2) is 9.84 Å². The van der Waals surface area contributed by atoms with Crippen molar-refractivity contribution < 1.29 is 8.42 Å². The Morgan fingerprint density at radius 2 is 1.80 bits per heavy atom. The van der Waals surface area contributed by atoms with Gasteiger partial charge in [0, 0.05) is 18.6 Å². The van der Waals surface area contributed by atoms with Crippen LogP contribution in [0.1, 0.15) is 32.3 Å². The zero-order valence-electron chi connectivity index (χ0n) is 9.56. The van der Waals surface area contributed by atoms with Gasteiger partial charge >= 0.3 is 0 Å². The van der Waals surface area contributed by atoms with Crippen LogP contribution in [0.4, 0.5) is 0 Å². The molecule has 4 heteroatoms. The van der Waals surface area contributed by atoms with E-state index < -0.39 is 9.84 Å². The van der Waals surface area contributed by atoms with Gasteiger partial charge in [-0.1, -0.05) is 20.8 Å². The number of hydrogen-bond donors (Lipinski definition) is 0. The average Bonchev–Trinajstić information content (AvgIpc) is 2.15. The fourth-order valence-electron chi connectivity index (χ4n) is 1.27. The monoisotopic (exact) mass is 227 g/mol. The molecule has 0 saturated carbocycles. The molecule has 0 radical (unpaired) electrons. The molecular formula is C11H17NO2S. The van der Waals surface area contributed by atoms with Gasteiger partial charge in [-0.3, -0.25) is 4.98 Å². The highest BCUT2D eigenvalue weighted by atomic mass is 32.2. The van der Waals surface area contributed by atoms with Gasteiger partial charge in [-0.2, -0.15) is 0 Å². The van der Waals surface area contributed by atoms with Gasteiger partial charge < -0.3 is 0 Å². The van der Waals surface area contributed by atoms with Crippen molar-refractivity contribution in [2.75, 3.05) is 6.26 Å². The fourth-order valence-corrected chi connectivity index (χ4v) is 1.87. The lowest BCUT2D eigenvalue weighted by Crippen LogP contribution is -2.05. The molecule has 1 rings (SSSR count). The van der Waals surface area contributed by atoms with Crippen molar-refractivity contribution in [1.82, 2.24) is 4.98 Å². The third-order valence-electron chi connectivity index (χ3n) is 2.69. The smallest absolute Gasteiger partial charge is 0.177 e. The predicted octanol–water partition coefficient (Wildman–Crippen LogP) is 2.24. The summed E-state index contributed by atoms with van der Waals surface area (Å²) in [6, 6.07) is 1.72. The molecule has 0 saturated heterocycles. The second kappa shape index (κ2) is 4.31. The molecule has 1 aromatic rings. The highest BCUT2D eigenvalue weighted by Gasteiger charge is 2.14. The Balaban J connectivity index is 3.14. The second-order valence-electron chi connectivity index (χ2n) is 4.26. The van der Waals surface area contributed by atoms with Gasteiger partial charge in [-0.25, -0.2) is 8.42 Å². The zero-order chi connectivity index (χ0) is 11.6. The highest BCUT2D eigenvalue weighted by Crippen LogP contribution is 2.24. The van der Waals surface area contributed by atoms with Crippen LogP contribution in [0.5, 0.6) is 0 Å². The first-order chi connectivity index (χ1) is 6.82. The molecule has 1 aromatic heterocycles. The lowest BCUT2D eigenvalue weighted by atomic mass is 9.92. The molecule has 0 aliphatic heterocycles. The number of nitrogens with zero attached hydrogens (tertiary/aromatic N) is 1. The summed E-state index contributed by atoms with van der Waals surface area (Å²) < 4.78 is 22.7. The molecule has 0 aromatic carbocycles. The van der Waals surface area contributed by atoms with Crippen LogP contribution in [0.25, 0.3) is 0 Å². The van der Waals surface area contributed by atoms with Crippen LogP contribution in [0.3, 0.4) is 0 Å². The number of aromatic nitrogens is 1. The average molecular weight is 227 g/mol. The highest BCUT2D eigenvalue weighted by molar-refractivity contribution is 7.90. The molecule has 0 aliphatic rings. The van der Waals surface area contributed by atoms with Gasteiger partial charge in [-0.05, 0) is 23.5 Å². The SMILES string of the molecule is CC(C)C(C)c1cncc(S(C)(=O)=O)c1. The maximum absolute atomic E-state index is 11.3. The Labute approximate surface area is 91.5 Å².